The largest absolute Gasteiger partial charge is 0.282 e. The summed E-state index contributed by atoms with van der Waals surface area (Å²) in [4.78, 5) is 1.21. The molecule has 0 bridgehead atoms. The van der Waals surface area contributed by atoms with Gasteiger partial charge in [0.25, 0.3) is 10.2 Å². The number of rotatable bonds is 6. The topological polar surface area (TPSA) is 40.6 Å². The standard InChI is InChI=1S/C13H21ClN2O2S2/c1-15(9-7-13-6-4-10-19-13)20(17,18)16-8-3-2-5-12(16)11-14/h4,6,10,12H,2-3,5,7-9,11H2,1H3. The molecular weight excluding hydrogens is 316 g/mol. The average molecular weight is 337 g/mol. The van der Waals surface area contributed by atoms with Crippen molar-refractivity contribution in [3.05, 3.63) is 22.4 Å². The lowest BCUT2D eigenvalue weighted by Crippen LogP contribution is -2.50. The van der Waals surface area contributed by atoms with Gasteiger partial charge >= 0.3 is 0 Å². The summed E-state index contributed by atoms with van der Waals surface area (Å²) in [7, 11) is -1.73. The molecule has 20 heavy (non-hydrogen) atoms. The van der Waals surface area contributed by atoms with Crippen LogP contribution < -0.4 is 0 Å². The third-order valence-electron chi connectivity index (χ3n) is 3.69. The quantitative estimate of drug-likeness (QED) is 0.749. The van der Waals surface area contributed by atoms with Crippen molar-refractivity contribution in [3.63, 3.8) is 0 Å². The Morgan fingerprint density at radius 3 is 2.95 bits per heavy atom. The molecule has 0 N–H and O–H groups in total. The van der Waals surface area contributed by atoms with Crippen LogP contribution in [-0.4, -0.2) is 49.1 Å². The highest BCUT2D eigenvalue weighted by molar-refractivity contribution is 7.86. The molecule has 1 aromatic rings. The van der Waals surface area contributed by atoms with Crippen LogP contribution in [0.1, 0.15) is 24.1 Å². The summed E-state index contributed by atoms with van der Waals surface area (Å²) in [6, 6.07) is 3.97. The van der Waals surface area contributed by atoms with Gasteiger partial charge in [-0.3, -0.25) is 0 Å². The Morgan fingerprint density at radius 1 is 1.50 bits per heavy atom. The van der Waals surface area contributed by atoms with Crippen LogP contribution >= 0.6 is 22.9 Å². The lowest BCUT2D eigenvalue weighted by molar-refractivity contribution is 0.253. The van der Waals surface area contributed by atoms with Gasteiger partial charge in [0.1, 0.15) is 0 Å². The lowest BCUT2D eigenvalue weighted by atomic mass is 10.1. The summed E-state index contributed by atoms with van der Waals surface area (Å²) in [5, 5.41) is 2.01. The summed E-state index contributed by atoms with van der Waals surface area (Å²) >= 11 is 7.58. The first-order valence-corrected chi connectivity index (χ1v) is 9.68. The number of hydrogen-bond acceptors (Lipinski definition) is 3. The number of likely N-dealkylation sites (N-methyl/N-ethyl adjacent to an activating group) is 1. The van der Waals surface area contributed by atoms with Crippen LogP contribution in [0, 0.1) is 0 Å². The van der Waals surface area contributed by atoms with Gasteiger partial charge in [-0.15, -0.1) is 22.9 Å². The summed E-state index contributed by atoms with van der Waals surface area (Å²) < 4.78 is 28.3. The second-order valence-corrected chi connectivity index (χ2v) is 8.40. The Morgan fingerprint density at radius 2 is 2.30 bits per heavy atom. The molecule has 2 heterocycles. The molecule has 1 fully saturated rings. The van der Waals surface area contributed by atoms with Crippen molar-refractivity contribution in [2.75, 3.05) is 26.0 Å². The van der Waals surface area contributed by atoms with Gasteiger partial charge in [-0.25, -0.2) is 0 Å². The van der Waals surface area contributed by atoms with Crippen molar-refractivity contribution in [3.8, 4) is 0 Å². The molecule has 2 rings (SSSR count). The Labute approximate surface area is 130 Å². The van der Waals surface area contributed by atoms with Crippen molar-refractivity contribution < 1.29 is 8.42 Å². The summed E-state index contributed by atoms with van der Waals surface area (Å²) in [5.74, 6) is 0.373. The Balaban J connectivity index is 2.00. The Bertz CT molecular complexity index is 504. The SMILES string of the molecule is CN(CCc1cccs1)S(=O)(=O)N1CCCCC1CCl. The smallest absolute Gasteiger partial charge is 0.195 e. The molecule has 4 nitrogen and oxygen atoms in total. The van der Waals surface area contributed by atoms with Crippen molar-refractivity contribution in [2.24, 2.45) is 0 Å². The van der Waals surface area contributed by atoms with Gasteiger partial charge in [-0.05, 0) is 30.7 Å². The van der Waals surface area contributed by atoms with E-state index in [-0.39, 0.29) is 6.04 Å². The molecule has 0 aromatic carbocycles. The number of halogens is 1. The van der Waals surface area contributed by atoms with Crippen LogP contribution in [0.2, 0.25) is 0 Å². The van der Waals surface area contributed by atoms with Crippen molar-refractivity contribution in [2.45, 2.75) is 31.7 Å². The molecule has 1 unspecified atom stereocenters. The number of piperidine rings is 1. The second-order valence-electron chi connectivity index (χ2n) is 5.07. The molecule has 1 saturated heterocycles. The minimum absolute atomic E-state index is 0.0559. The maximum absolute atomic E-state index is 12.6. The van der Waals surface area contributed by atoms with E-state index in [9.17, 15) is 8.42 Å². The lowest BCUT2D eigenvalue weighted by Gasteiger charge is -2.36. The Kier molecular flexibility index (Phi) is 5.86. The first-order valence-electron chi connectivity index (χ1n) is 6.87. The molecule has 0 amide bonds. The van der Waals surface area contributed by atoms with E-state index in [1.54, 1.807) is 22.7 Å². The fourth-order valence-corrected chi connectivity index (χ4v) is 5.15. The highest BCUT2D eigenvalue weighted by Crippen LogP contribution is 2.23. The van der Waals surface area contributed by atoms with Gasteiger partial charge in [0, 0.05) is 36.9 Å². The van der Waals surface area contributed by atoms with Gasteiger partial charge in [-0.2, -0.15) is 17.0 Å². The minimum Gasteiger partial charge on any atom is -0.195 e. The molecule has 0 spiro atoms. The first kappa shape index (κ1) is 16.2. The summed E-state index contributed by atoms with van der Waals surface area (Å²) in [5.41, 5.74) is 0. The summed E-state index contributed by atoms with van der Waals surface area (Å²) in [6.07, 6.45) is 3.60. The molecule has 7 heteroatoms. The average Bonchev–Trinajstić information content (AvgIpc) is 2.97. The van der Waals surface area contributed by atoms with E-state index in [0.717, 1.165) is 25.7 Å². The van der Waals surface area contributed by atoms with Crippen LogP contribution in [0.4, 0.5) is 0 Å². The van der Waals surface area contributed by atoms with E-state index in [4.69, 9.17) is 11.6 Å². The molecule has 1 aliphatic heterocycles. The molecular formula is C13H21ClN2O2S2. The van der Waals surface area contributed by atoms with Crippen LogP contribution in [0.5, 0.6) is 0 Å². The predicted octanol–water partition coefficient (Wildman–Crippen LogP) is 2.56. The second kappa shape index (κ2) is 7.22. The highest BCUT2D eigenvalue weighted by atomic mass is 35.5. The van der Waals surface area contributed by atoms with Gasteiger partial charge < -0.3 is 0 Å². The van der Waals surface area contributed by atoms with E-state index in [1.165, 1.54) is 9.18 Å². The van der Waals surface area contributed by atoms with E-state index in [0.29, 0.717) is 19.0 Å². The van der Waals surface area contributed by atoms with Crippen molar-refractivity contribution in [1.82, 2.24) is 8.61 Å². The minimum atomic E-state index is -3.39. The van der Waals surface area contributed by atoms with E-state index >= 15 is 0 Å². The van der Waals surface area contributed by atoms with Gasteiger partial charge in [0.2, 0.25) is 0 Å². The van der Waals surface area contributed by atoms with Crippen molar-refractivity contribution in [1.29, 1.82) is 0 Å². The molecule has 0 radical (unpaired) electrons. The van der Waals surface area contributed by atoms with E-state index < -0.39 is 10.2 Å². The molecule has 114 valence electrons. The normalized spacial score (nSPS) is 21.4. The van der Waals surface area contributed by atoms with Gasteiger partial charge in [0.15, 0.2) is 0 Å². The maximum Gasteiger partial charge on any atom is 0.282 e. The zero-order valence-electron chi connectivity index (χ0n) is 11.7. The third kappa shape index (κ3) is 3.74. The predicted molar refractivity (Wildman–Crippen MR) is 84.6 cm³/mol. The molecule has 1 aliphatic rings. The highest BCUT2D eigenvalue weighted by Gasteiger charge is 2.34. The van der Waals surface area contributed by atoms with Crippen LogP contribution in [0.25, 0.3) is 0 Å². The Hall–Kier alpha value is -0.140. The molecule has 1 aromatic heterocycles. The zero-order valence-corrected chi connectivity index (χ0v) is 14.1. The number of hydrogen-bond donors (Lipinski definition) is 0. The summed E-state index contributed by atoms with van der Waals surface area (Å²) in [6.45, 7) is 1.09. The molecule has 0 aliphatic carbocycles. The maximum atomic E-state index is 12.6. The third-order valence-corrected chi connectivity index (χ3v) is 7.03. The van der Waals surface area contributed by atoms with Gasteiger partial charge in [0.05, 0.1) is 0 Å². The first-order chi connectivity index (χ1) is 9.55. The number of nitrogens with zero attached hydrogens (tertiary/aromatic N) is 2. The van der Waals surface area contributed by atoms with Crippen molar-refractivity contribution >= 4 is 33.1 Å². The monoisotopic (exact) mass is 336 g/mol. The number of thiophene rings is 1. The molecule has 0 saturated carbocycles. The molecule has 1 atom stereocenters. The van der Waals surface area contributed by atoms with Crippen LogP contribution in [0.3, 0.4) is 0 Å². The number of alkyl halides is 1. The van der Waals surface area contributed by atoms with Crippen LogP contribution in [0.15, 0.2) is 17.5 Å². The fraction of sp³-hybridized carbons (Fsp3) is 0.692. The van der Waals surface area contributed by atoms with Crippen LogP contribution in [-0.2, 0) is 16.6 Å². The fourth-order valence-electron chi connectivity index (χ4n) is 2.45. The van der Waals surface area contributed by atoms with E-state index in [1.807, 2.05) is 17.5 Å². The van der Waals surface area contributed by atoms with Gasteiger partial charge in [-0.1, -0.05) is 12.5 Å². The van der Waals surface area contributed by atoms with E-state index in [2.05, 4.69) is 0 Å². The zero-order chi connectivity index (χ0) is 14.6.